The van der Waals surface area contributed by atoms with Crippen LogP contribution in [0.15, 0.2) is 36.4 Å². The van der Waals surface area contributed by atoms with Crippen molar-refractivity contribution in [2.45, 2.75) is 20.0 Å². The Morgan fingerprint density at radius 3 is 2.62 bits per heavy atom. The number of hydrogen-bond donors (Lipinski definition) is 1. The second-order valence-electron chi connectivity index (χ2n) is 5.21. The van der Waals surface area contributed by atoms with Gasteiger partial charge in [0.05, 0.1) is 24.4 Å². The summed E-state index contributed by atoms with van der Waals surface area (Å²) in [6, 6.07) is 11.2. The van der Waals surface area contributed by atoms with E-state index in [0.717, 1.165) is 5.56 Å². The van der Waals surface area contributed by atoms with Crippen LogP contribution >= 0.6 is 0 Å². The summed E-state index contributed by atoms with van der Waals surface area (Å²) >= 11 is 0. The molecule has 0 aromatic heterocycles. The molecule has 0 heterocycles. The fourth-order valence-electron chi connectivity index (χ4n) is 2.03. The molecule has 2 aromatic carbocycles. The van der Waals surface area contributed by atoms with Crippen molar-refractivity contribution in [1.82, 2.24) is 0 Å². The summed E-state index contributed by atoms with van der Waals surface area (Å²) in [6.07, 6.45) is -0.882. The van der Waals surface area contributed by atoms with E-state index in [-0.39, 0.29) is 5.69 Å². The van der Waals surface area contributed by atoms with E-state index in [0.29, 0.717) is 17.1 Å². The van der Waals surface area contributed by atoms with Crippen LogP contribution in [0.4, 0.5) is 10.1 Å². The van der Waals surface area contributed by atoms with Crippen LogP contribution in [0.25, 0.3) is 0 Å². The van der Waals surface area contributed by atoms with Gasteiger partial charge in [-0.15, -0.1) is 0 Å². The lowest BCUT2D eigenvalue weighted by molar-refractivity contribution is -0.122. The molecule has 1 amide bonds. The maximum absolute atomic E-state index is 13.8. The second kappa shape index (κ2) is 7.47. The molecule has 0 radical (unpaired) electrons. The maximum atomic E-state index is 13.8. The van der Waals surface area contributed by atoms with E-state index in [9.17, 15) is 9.18 Å². The minimum atomic E-state index is -0.882. The molecule has 0 saturated carbocycles. The smallest absolute Gasteiger partial charge is 0.265 e. The third-order valence-electron chi connectivity index (χ3n) is 3.35. The Morgan fingerprint density at radius 1 is 1.25 bits per heavy atom. The summed E-state index contributed by atoms with van der Waals surface area (Å²) in [5.41, 5.74) is 1.27. The molecule has 0 unspecified atom stereocenters. The number of carbonyl (C=O) groups excluding carboxylic acids is 1. The Labute approximate surface area is 139 Å². The van der Waals surface area contributed by atoms with Gasteiger partial charge in [-0.05, 0) is 43.7 Å². The lowest BCUT2D eigenvalue weighted by atomic mass is 10.2. The normalized spacial score (nSPS) is 11.3. The van der Waals surface area contributed by atoms with E-state index < -0.39 is 17.8 Å². The number of benzene rings is 2. The van der Waals surface area contributed by atoms with E-state index in [1.807, 2.05) is 6.07 Å². The monoisotopic (exact) mass is 328 g/mol. The lowest BCUT2D eigenvalue weighted by Gasteiger charge is -2.17. The van der Waals surface area contributed by atoms with Crippen LogP contribution in [-0.2, 0) is 4.79 Å². The van der Waals surface area contributed by atoms with E-state index >= 15 is 0 Å². The molecule has 6 heteroatoms. The largest absolute Gasteiger partial charge is 0.493 e. The fraction of sp³-hybridized carbons (Fsp3) is 0.222. The van der Waals surface area contributed by atoms with Crippen molar-refractivity contribution in [3.05, 3.63) is 53.3 Å². The number of ether oxygens (including phenoxy) is 2. The van der Waals surface area contributed by atoms with Gasteiger partial charge < -0.3 is 14.8 Å². The molecule has 0 aliphatic rings. The number of carbonyl (C=O) groups is 1. The highest BCUT2D eigenvalue weighted by Gasteiger charge is 2.18. The number of hydrogen-bond acceptors (Lipinski definition) is 4. The van der Waals surface area contributed by atoms with Gasteiger partial charge in [-0.1, -0.05) is 6.07 Å². The molecular formula is C18H17FN2O3. The van der Waals surface area contributed by atoms with Gasteiger partial charge in [0.1, 0.15) is 5.82 Å². The number of nitrogens with zero attached hydrogens (tertiary/aromatic N) is 1. The Balaban J connectivity index is 2.10. The third-order valence-corrected chi connectivity index (χ3v) is 3.35. The number of methoxy groups -OCH3 is 1. The molecule has 0 aliphatic heterocycles. The van der Waals surface area contributed by atoms with Gasteiger partial charge in [0.25, 0.3) is 5.91 Å². The lowest BCUT2D eigenvalue weighted by Crippen LogP contribution is -2.30. The standard InChI is InChI=1S/C18H17FN2O3/c1-11-4-6-15(14(19)8-11)21-18(22)12(2)24-16-7-5-13(10-20)9-17(16)23-3/h4-9,12H,1-3H3,(H,21,22)/t12-/m1/s1. The Hall–Kier alpha value is -3.07. The topological polar surface area (TPSA) is 71.3 Å². The molecule has 2 rings (SSSR count). The first-order chi connectivity index (χ1) is 11.4. The molecule has 0 bridgehead atoms. The zero-order chi connectivity index (χ0) is 17.7. The van der Waals surface area contributed by atoms with Crippen molar-refractivity contribution in [3.63, 3.8) is 0 Å². The molecule has 124 valence electrons. The zero-order valence-corrected chi connectivity index (χ0v) is 13.6. The highest BCUT2D eigenvalue weighted by atomic mass is 19.1. The van der Waals surface area contributed by atoms with Gasteiger partial charge in [-0.3, -0.25) is 4.79 Å². The Bertz CT molecular complexity index is 799. The molecule has 1 atom stereocenters. The predicted molar refractivity (Wildman–Crippen MR) is 87.6 cm³/mol. The van der Waals surface area contributed by atoms with Gasteiger partial charge >= 0.3 is 0 Å². The number of aryl methyl sites for hydroxylation is 1. The number of anilines is 1. The Kier molecular flexibility index (Phi) is 5.38. The van der Waals surface area contributed by atoms with Crippen molar-refractivity contribution in [1.29, 1.82) is 5.26 Å². The average Bonchev–Trinajstić information content (AvgIpc) is 2.57. The van der Waals surface area contributed by atoms with Crippen molar-refractivity contribution >= 4 is 11.6 Å². The van der Waals surface area contributed by atoms with Crippen molar-refractivity contribution in [3.8, 4) is 17.6 Å². The highest BCUT2D eigenvalue weighted by Crippen LogP contribution is 2.29. The number of nitrogens with one attached hydrogen (secondary N) is 1. The van der Waals surface area contributed by atoms with Crippen molar-refractivity contribution in [2.24, 2.45) is 0 Å². The molecule has 2 aromatic rings. The Morgan fingerprint density at radius 2 is 2.00 bits per heavy atom. The van der Waals surface area contributed by atoms with E-state index in [4.69, 9.17) is 14.7 Å². The molecule has 0 saturated heterocycles. The van der Waals surface area contributed by atoms with E-state index in [2.05, 4.69) is 5.32 Å². The minimum absolute atomic E-state index is 0.0906. The SMILES string of the molecule is COc1cc(C#N)ccc1O[C@H](C)C(=O)Nc1ccc(C)cc1F. The van der Waals surface area contributed by atoms with Gasteiger partial charge in [-0.2, -0.15) is 5.26 Å². The zero-order valence-electron chi connectivity index (χ0n) is 13.6. The third kappa shape index (κ3) is 4.02. The molecule has 0 aliphatic carbocycles. The number of amides is 1. The van der Waals surface area contributed by atoms with Crippen LogP contribution < -0.4 is 14.8 Å². The number of halogens is 1. The van der Waals surface area contributed by atoms with Crippen molar-refractivity contribution < 1.29 is 18.7 Å². The van der Waals surface area contributed by atoms with Crippen molar-refractivity contribution in [2.75, 3.05) is 12.4 Å². The first kappa shape index (κ1) is 17.3. The first-order valence-electron chi connectivity index (χ1n) is 7.26. The van der Waals surface area contributed by atoms with Gasteiger partial charge in [0.2, 0.25) is 0 Å². The minimum Gasteiger partial charge on any atom is -0.493 e. The molecular weight excluding hydrogens is 311 g/mol. The summed E-state index contributed by atoms with van der Waals surface area (Å²) in [4.78, 5) is 12.2. The summed E-state index contributed by atoms with van der Waals surface area (Å²) < 4.78 is 24.5. The summed E-state index contributed by atoms with van der Waals surface area (Å²) in [5, 5.41) is 11.4. The van der Waals surface area contributed by atoms with Gasteiger partial charge in [0, 0.05) is 6.07 Å². The second-order valence-corrected chi connectivity index (χ2v) is 5.21. The quantitative estimate of drug-likeness (QED) is 0.913. The van der Waals surface area contributed by atoms with Crippen LogP contribution in [0.2, 0.25) is 0 Å². The number of nitriles is 1. The summed E-state index contributed by atoms with van der Waals surface area (Å²) in [6.45, 7) is 3.30. The molecule has 1 N–H and O–H groups in total. The maximum Gasteiger partial charge on any atom is 0.265 e. The summed E-state index contributed by atoms with van der Waals surface area (Å²) in [7, 11) is 1.44. The molecule has 5 nitrogen and oxygen atoms in total. The van der Waals surface area contributed by atoms with Crippen LogP contribution in [0.5, 0.6) is 11.5 Å². The number of rotatable bonds is 5. The molecule has 24 heavy (non-hydrogen) atoms. The van der Waals surface area contributed by atoms with Crippen LogP contribution in [0.1, 0.15) is 18.1 Å². The molecule has 0 fully saturated rings. The average molecular weight is 328 g/mol. The van der Waals surface area contributed by atoms with Crippen LogP contribution in [0, 0.1) is 24.1 Å². The van der Waals surface area contributed by atoms with Crippen LogP contribution in [-0.4, -0.2) is 19.1 Å². The predicted octanol–water partition coefficient (Wildman–Crippen LogP) is 3.42. The highest BCUT2D eigenvalue weighted by molar-refractivity contribution is 5.94. The van der Waals surface area contributed by atoms with Gasteiger partial charge in [-0.25, -0.2) is 4.39 Å². The van der Waals surface area contributed by atoms with E-state index in [1.165, 1.54) is 25.3 Å². The molecule has 0 spiro atoms. The summed E-state index contributed by atoms with van der Waals surface area (Å²) in [5.74, 6) is -0.339. The fourth-order valence-corrected chi connectivity index (χ4v) is 2.03. The van der Waals surface area contributed by atoms with Crippen LogP contribution in [0.3, 0.4) is 0 Å². The van der Waals surface area contributed by atoms with Gasteiger partial charge in [0.15, 0.2) is 17.6 Å². The first-order valence-corrected chi connectivity index (χ1v) is 7.26. The van der Waals surface area contributed by atoms with E-state index in [1.54, 1.807) is 32.0 Å².